The molecule has 0 saturated carbocycles. The quantitative estimate of drug-likeness (QED) is 0.538. The number of non-ortho nitro benzene ring substituents is 1. The highest BCUT2D eigenvalue weighted by molar-refractivity contribution is 9.11. The number of nitro groups is 1. The molecule has 0 radical (unpaired) electrons. The van der Waals surface area contributed by atoms with Crippen molar-refractivity contribution in [2.45, 2.75) is 0 Å². The maximum atomic E-state index is 10.8. The summed E-state index contributed by atoms with van der Waals surface area (Å²) in [5, 5.41) is 10.8. The molecule has 0 saturated heterocycles. The van der Waals surface area contributed by atoms with Crippen molar-refractivity contribution < 1.29 is 9.66 Å². The lowest BCUT2D eigenvalue weighted by Gasteiger charge is -2.10. The van der Waals surface area contributed by atoms with Crippen molar-refractivity contribution in [2.75, 3.05) is 5.73 Å². The second-order valence-electron chi connectivity index (χ2n) is 3.48. The Morgan fingerprint density at radius 3 is 2.35 bits per heavy atom. The van der Waals surface area contributed by atoms with Crippen LogP contribution in [0.25, 0.3) is 0 Å². The largest absolute Gasteiger partial charge is 0.435 e. The van der Waals surface area contributed by atoms with Crippen LogP contribution < -0.4 is 10.5 Å². The number of halogens is 3. The molecular weight excluding hydrogens is 464 g/mol. The van der Waals surface area contributed by atoms with Crippen molar-refractivity contribution in [2.24, 2.45) is 0 Å². The molecule has 0 aliphatic heterocycles. The number of rotatable bonds is 3. The van der Waals surface area contributed by atoms with Crippen LogP contribution in [-0.2, 0) is 0 Å². The Kier molecular flexibility index (Phi) is 4.55. The molecule has 2 N–H and O–H groups in total. The molecule has 0 unspecified atom stereocenters. The van der Waals surface area contributed by atoms with Gasteiger partial charge in [0.1, 0.15) is 16.6 Å². The molecule has 0 spiro atoms. The lowest BCUT2D eigenvalue weighted by Crippen LogP contribution is -1.98. The maximum Gasteiger partial charge on any atom is 0.271 e. The standard InChI is InChI=1S/C10H5Br3N4O3/c11-5-1-4(17(18)19)2-6(12)8(5)20-10-7(13)9(14)15-3-16-10/h1-3H,(H2,14,15,16). The first-order valence-electron chi connectivity index (χ1n) is 4.97. The molecule has 7 nitrogen and oxygen atoms in total. The van der Waals surface area contributed by atoms with Gasteiger partial charge in [0.05, 0.1) is 13.9 Å². The number of hydrogen-bond donors (Lipinski definition) is 1. The van der Waals surface area contributed by atoms with E-state index in [9.17, 15) is 10.1 Å². The summed E-state index contributed by atoms with van der Waals surface area (Å²) in [7, 11) is 0. The first-order valence-corrected chi connectivity index (χ1v) is 7.35. The number of nitrogens with two attached hydrogens (primary N) is 1. The lowest BCUT2D eigenvalue weighted by atomic mass is 10.3. The highest BCUT2D eigenvalue weighted by atomic mass is 79.9. The molecule has 20 heavy (non-hydrogen) atoms. The fraction of sp³-hybridized carbons (Fsp3) is 0. The van der Waals surface area contributed by atoms with Gasteiger partial charge in [0.15, 0.2) is 5.75 Å². The Hall–Kier alpha value is -1.26. The summed E-state index contributed by atoms with van der Waals surface area (Å²) in [6, 6.07) is 2.66. The van der Waals surface area contributed by atoms with E-state index in [2.05, 4.69) is 57.8 Å². The van der Waals surface area contributed by atoms with Crippen molar-refractivity contribution in [3.05, 3.63) is 42.0 Å². The van der Waals surface area contributed by atoms with Crippen LogP contribution in [-0.4, -0.2) is 14.9 Å². The Bertz CT molecular complexity index is 672. The van der Waals surface area contributed by atoms with Crippen LogP contribution in [0.4, 0.5) is 11.5 Å². The molecular formula is C10H5Br3N4O3. The van der Waals surface area contributed by atoms with E-state index in [0.29, 0.717) is 19.2 Å². The normalized spacial score (nSPS) is 10.3. The molecule has 0 aliphatic carbocycles. The van der Waals surface area contributed by atoms with Gasteiger partial charge in [-0.05, 0) is 47.8 Å². The highest BCUT2D eigenvalue weighted by Crippen LogP contribution is 2.41. The topological polar surface area (TPSA) is 104 Å². The zero-order chi connectivity index (χ0) is 14.9. The predicted octanol–water partition coefficient (Wildman–Crippen LogP) is 4.05. The summed E-state index contributed by atoms with van der Waals surface area (Å²) in [5.41, 5.74) is 5.55. The van der Waals surface area contributed by atoms with Gasteiger partial charge < -0.3 is 10.5 Å². The van der Waals surface area contributed by atoms with E-state index in [1.54, 1.807) is 0 Å². The predicted molar refractivity (Wildman–Crippen MR) is 82.7 cm³/mol. The van der Waals surface area contributed by atoms with Crippen LogP contribution in [0.5, 0.6) is 11.6 Å². The lowest BCUT2D eigenvalue weighted by molar-refractivity contribution is -0.385. The molecule has 2 aromatic rings. The monoisotopic (exact) mass is 466 g/mol. The number of benzene rings is 1. The van der Waals surface area contributed by atoms with Crippen LogP contribution in [0, 0.1) is 10.1 Å². The van der Waals surface area contributed by atoms with Crippen molar-refractivity contribution in [3.8, 4) is 11.6 Å². The minimum atomic E-state index is -0.502. The summed E-state index contributed by atoms with van der Waals surface area (Å²) >= 11 is 9.65. The summed E-state index contributed by atoms with van der Waals surface area (Å²) < 4.78 is 6.80. The number of ether oxygens (including phenoxy) is 1. The number of hydrogen-bond acceptors (Lipinski definition) is 6. The van der Waals surface area contributed by atoms with Crippen molar-refractivity contribution in [1.82, 2.24) is 9.97 Å². The molecule has 0 fully saturated rings. The molecule has 104 valence electrons. The Morgan fingerprint density at radius 2 is 1.80 bits per heavy atom. The molecule has 0 aliphatic rings. The van der Waals surface area contributed by atoms with Gasteiger partial charge >= 0.3 is 0 Å². The summed E-state index contributed by atoms with van der Waals surface area (Å²) in [4.78, 5) is 18.0. The Labute approximate surface area is 138 Å². The van der Waals surface area contributed by atoms with Crippen molar-refractivity contribution in [1.29, 1.82) is 0 Å². The molecule has 1 heterocycles. The fourth-order valence-corrected chi connectivity index (χ4v) is 2.89. The van der Waals surface area contributed by atoms with E-state index < -0.39 is 4.92 Å². The first-order chi connectivity index (χ1) is 9.40. The maximum absolute atomic E-state index is 10.8. The molecule has 1 aromatic carbocycles. The van der Waals surface area contributed by atoms with E-state index in [1.807, 2.05) is 0 Å². The summed E-state index contributed by atoms with van der Waals surface area (Å²) in [6.45, 7) is 0. The zero-order valence-electron chi connectivity index (χ0n) is 9.51. The third-order valence-electron chi connectivity index (χ3n) is 2.18. The first kappa shape index (κ1) is 15.1. The molecule has 2 rings (SSSR count). The molecule has 0 atom stereocenters. The molecule has 1 aromatic heterocycles. The van der Waals surface area contributed by atoms with E-state index in [-0.39, 0.29) is 17.4 Å². The van der Waals surface area contributed by atoms with Gasteiger partial charge in [-0.25, -0.2) is 9.97 Å². The van der Waals surface area contributed by atoms with Crippen LogP contribution >= 0.6 is 47.8 Å². The SMILES string of the molecule is Nc1ncnc(Oc2c(Br)cc([N+](=O)[O-])cc2Br)c1Br. The third kappa shape index (κ3) is 3.07. The number of aromatic nitrogens is 2. The summed E-state index contributed by atoms with van der Waals surface area (Å²) in [6.07, 6.45) is 1.25. The van der Waals surface area contributed by atoms with Crippen LogP contribution in [0.1, 0.15) is 0 Å². The van der Waals surface area contributed by atoms with Crippen molar-refractivity contribution in [3.63, 3.8) is 0 Å². The second-order valence-corrected chi connectivity index (χ2v) is 5.98. The van der Waals surface area contributed by atoms with Gasteiger partial charge in [0.2, 0.25) is 5.88 Å². The zero-order valence-corrected chi connectivity index (χ0v) is 14.3. The molecule has 10 heteroatoms. The van der Waals surface area contributed by atoms with Crippen LogP contribution in [0.3, 0.4) is 0 Å². The van der Waals surface area contributed by atoms with Gasteiger partial charge in [0, 0.05) is 12.1 Å². The van der Waals surface area contributed by atoms with Gasteiger partial charge in [-0.3, -0.25) is 10.1 Å². The van der Waals surface area contributed by atoms with Gasteiger partial charge in [-0.15, -0.1) is 0 Å². The average Bonchev–Trinajstić information content (AvgIpc) is 2.38. The third-order valence-corrected chi connectivity index (χ3v) is 4.10. The Morgan fingerprint density at radius 1 is 1.20 bits per heavy atom. The van der Waals surface area contributed by atoms with Crippen LogP contribution in [0.15, 0.2) is 31.9 Å². The average molecular weight is 469 g/mol. The van der Waals surface area contributed by atoms with Crippen molar-refractivity contribution >= 4 is 59.3 Å². The van der Waals surface area contributed by atoms with Crippen LogP contribution in [0.2, 0.25) is 0 Å². The van der Waals surface area contributed by atoms with E-state index in [4.69, 9.17) is 10.5 Å². The number of anilines is 1. The molecule has 0 amide bonds. The fourth-order valence-electron chi connectivity index (χ4n) is 1.28. The number of nitrogen functional groups attached to an aromatic ring is 1. The van der Waals surface area contributed by atoms with Gasteiger partial charge in [-0.1, -0.05) is 0 Å². The van der Waals surface area contributed by atoms with E-state index in [0.717, 1.165) is 0 Å². The highest BCUT2D eigenvalue weighted by Gasteiger charge is 2.18. The number of nitro benzene ring substituents is 1. The smallest absolute Gasteiger partial charge is 0.271 e. The minimum absolute atomic E-state index is 0.0719. The number of nitrogens with zero attached hydrogens (tertiary/aromatic N) is 3. The van der Waals surface area contributed by atoms with Gasteiger partial charge in [0.25, 0.3) is 5.69 Å². The minimum Gasteiger partial charge on any atom is -0.435 e. The van der Waals surface area contributed by atoms with E-state index in [1.165, 1.54) is 18.5 Å². The van der Waals surface area contributed by atoms with E-state index >= 15 is 0 Å². The summed E-state index contributed by atoms with van der Waals surface area (Å²) in [5.74, 6) is 0.770. The van der Waals surface area contributed by atoms with Gasteiger partial charge in [-0.2, -0.15) is 0 Å². The second kappa shape index (κ2) is 6.02. The molecule has 0 bridgehead atoms. The Balaban J connectivity index is 2.44.